The minimum atomic E-state index is 0.104. The van der Waals surface area contributed by atoms with Crippen LogP contribution in [0.3, 0.4) is 0 Å². The fraction of sp³-hybridized carbons (Fsp3) is 0.857. The van der Waals surface area contributed by atoms with Gasteiger partial charge in [-0.1, -0.05) is 29.5 Å². The van der Waals surface area contributed by atoms with E-state index in [0.29, 0.717) is 13.2 Å². The molecule has 0 heterocycles. The number of nitrogens with one attached hydrogen (secondary N) is 1. The normalized spacial score (nSPS) is 12.6. The molecule has 0 aromatic heterocycles. The zero-order chi connectivity index (χ0) is 8.69. The van der Waals surface area contributed by atoms with Crippen LogP contribution in [0.1, 0.15) is 6.92 Å². The molecule has 0 aliphatic carbocycles. The van der Waals surface area contributed by atoms with Crippen molar-refractivity contribution in [2.24, 2.45) is 5.92 Å². The van der Waals surface area contributed by atoms with Crippen molar-refractivity contribution in [3.05, 3.63) is 0 Å². The maximum absolute atomic E-state index is 11.1. The Bertz CT molecular complexity index is 119. The second-order valence-electron chi connectivity index (χ2n) is 2.34. The van der Waals surface area contributed by atoms with Crippen molar-refractivity contribution in [2.75, 3.05) is 24.7 Å². The predicted molar refractivity (Wildman–Crippen MR) is 52.9 cm³/mol. The molecule has 0 aromatic carbocycles. The standard InChI is InChI=1S/C7H14INO2/c1-6(5-8)7(10)9-3-4-11-2/h6H,3-5H2,1-2H3,(H,9,10). The predicted octanol–water partition coefficient (Wildman–Crippen LogP) is 0.820. The average Bonchev–Trinajstić information content (AvgIpc) is 2.03. The zero-order valence-electron chi connectivity index (χ0n) is 6.89. The van der Waals surface area contributed by atoms with Crippen LogP contribution in [-0.4, -0.2) is 30.6 Å². The number of carbonyl (C=O) groups is 1. The molecular formula is C7H14INO2. The maximum atomic E-state index is 11.1. The van der Waals surface area contributed by atoms with Crippen molar-refractivity contribution in [3.63, 3.8) is 0 Å². The molecule has 0 spiro atoms. The molecule has 0 fully saturated rings. The van der Waals surface area contributed by atoms with Crippen LogP contribution < -0.4 is 5.32 Å². The Kier molecular flexibility index (Phi) is 6.94. The van der Waals surface area contributed by atoms with E-state index in [1.54, 1.807) is 7.11 Å². The monoisotopic (exact) mass is 271 g/mol. The van der Waals surface area contributed by atoms with Gasteiger partial charge in [0.25, 0.3) is 0 Å². The van der Waals surface area contributed by atoms with Gasteiger partial charge in [-0.2, -0.15) is 0 Å². The van der Waals surface area contributed by atoms with Crippen LogP contribution in [0.2, 0.25) is 0 Å². The van der Waals surface area contributed by atoms with Crippen molar-refractivity contribution in [1.29, 1.82) is 0 Å². The summed E-state index contributed by atoms with van der Waals surface area (Å²) in [7, 11) is 1.62. The highest BCUT2D eigenvalue weighted by molar-refractivity contribution is 14.1. The third-order valence-electron chi connectivity index (χ3n) is 1.28. The van der Waals surface area contributed by atoms with Crippen LogP contribution >= 0.6 is 22.6 Å². The molecule has 11 heavy (non-hydrogen) atoms. The molecule has 0 radical (unpaired) electrons. The van der Waals surface area contributed by atoms with Gasteiger partial charge >= 0.3 is 0 Å². The smallest absolute Gasteiger partial charge is 0.223 e. The average molecular weight is 271 g/mol. The van der Waals surface area contributed by atoms with Crippen LogP contribution in [0.4, 0.5) is 0 Å². The Labute approximate surface area is 81.0 Å². The largest absolute Gasteiger partial charge is 0.383 e. The fourth-order valence-corrected chi connectivity index (χ4v) is 0.921. The highest BCUT2D eigenvalue weighted by Crippen LogP contribution is 1.99. The molecule has 1 atom stereocenters. The van der Waals surface area contributed by atoms with Gasteiger partial charge in [-0.15, -0.1) is 0 Å². The number of amides is 1. The van der Waals surface area contributed by atoms with Gasteiger partial charge in [-0.05, 0) is 0 Å². The van der Waals surface area contributed by atoms with E-state index in [2.05, 4.69) is 27.9 Å². The molecule has 0 bridgehead atoms. The van der Waals surface area contributed by atoms with Crippen LogP contribution in [0, 0.1) is 5.92 Å². The Hall–Kier alpha value is 0.160. The van der Waals surface area contributed by atoms with E-state index in [9.17, 15) is 4.79 Å². The number of hydrogen-bond acceptors (Lipinski definition) is 2. The van der Waals surface area contributed by atoms with Crippen LogP contribution in [0.15, 0.2) is 0 Å². The minimum absolute atomic E-state index is 0.104. The van der Waals surface area contributed by atoms with Crippen molar-refractivity contribution in [1.82, 2.24) is 5.32 Å². The van der Waals surface area contributed by atoms with Gasteiger partial charge in [-0.3, -0.25) is 4.79 Å². The van der Waals surface area contributed by atoms with E-state index >= 15 is 0 Å². The second-order valence-corrected chi connectivity index (χ2v) is 3.22. The number of hydrogen-bond donors (Lipinski definition) is 1. The molecule has 0 aliphatic rings. The molecule has 0 rings (SSSR count). The van der Waals surface area contributed by atoms with Crippen LogP contribution in [0.5, 0.6) is 0 Å². The van der Waals surface area contributed by atoms with E-state index in [4.69, 9.17) is 4.74 Å². The molecular weight excluding hydrogens is 257 g/mol. The molecule has 66 valence electrons. The van der Waals surface area contributed by atoms with Gasteiger partial charge in [0, 0.05) is 24.0 Å². The summed E-state index contributed by atoms with van der Waals surface area (Å²) in [5, 5.41) is 2.77. The first kappa shape index (κ1) is 11.2. The summed E-state index contributed by atoms with van der Waals surface area (Å²) in [6.07, 6.45) is 0. The van der Waals surface area contributed by atoms with E-state index < -0.39 is 0 Å². The number of carbonyl (C=O) groups excluding carboxylic acids is 1. The Morgan fingerprint density at radius 2 is 2.36 bits per heavy atom. The molecule has 4 heteroatoms. The highest BCUT2D eigenvalue weighted by Gasteiger charge is 2.08. The lowest BCUT2D eigenvalue weighted by Gasteiger charge is -2.07. The lowest BCUT2D eigenvalue weighted by molar-refractivity contribution is -0.123. The van der Waals surface area contributed by atoms with Crippen molar-refractivity contribution < 1.29 is 9.53 Å². The molecule has 0 aromatic rings. The number of halogens is 1. The van der Waals surface area contributed by atoms with Gasteiger partial charge in [0.15, 0.2) is 0 Å². The third-order valence-corrected chi connectivity index (χ3v) is 2.61. The van der Waals surface area contributed by atoms with Crippen LogP contribution in [-0.2, 0) is 9.53 Å². The summed E-state index contributed by atoms with van der Waals surface area (Å²) in [5.74, 6) is 0.212. The SMILES string of the molecule is COCCNC(=O)C(C)CI. The van der Waals surface area contributed by atoms with E-state index in [1.165, 1.54) is 0 Å². The third kappa shape index (κ3) is 5.43. The first-order chi connectivity index (χ1) is 5.22. The molecule has 1 unspecified atom stereocenters. The topological polar surface area (TPSA) is 38.3 Å². The number of rotatable bonds is 5. The Morgan fingerprint density at radius 3 is 2.82 bits per heavy atom. The van der Waals surface area contributed by atoms with Gasteiger partial charge in [0.05, 0.1) is 6.61 Å². The molecule has 1 N–H and O–H groups in total. The summed E-state index contributed by atoms with van der Waals surface area (Å²) in [6.45, 7) is 3.10. The number of ether oxygens (including phenoxy) is 1. The lowest BCUT2D eigenvalue weighted by atomic mass is 10.2. The van der Waals surface area contributed by atoms with E-state index in [-0.39, 0.29) is 11.8 Å². The molecule has 0 aliphatic heterocycles. The second kappa shape index (κ2) is 6.84. The molecule has 0 saturated carbocycles. The van der Waals surface area contributed by atoms with E-state index in [1.807, 2.05) is 6.92 Å². The number of alkyl halides is 1. The Morgan fingerprint density at radius 1 is 1.73 bits per heavy atom. The summed E-state index contributed by atoms with van der Waals surface area (Å²) >= 11 is 2.20. The fourth-order valence-electron chi connectivity index (χ4n) is 0.521. The molecule has 0 saturated heterocycles. The van der Waals surface area contributed by atoms with Crippen molar-refractivity contribution >= 4 is 28.5 Å². The van der Waals surface area contributed by atoms with Crippen molar-refractivity contribution in [3.8, 4) is 0 Å². The quantitative estimate of drug-likeness (QED) is 0.457. The summed E-state index contributed by atoms with van der Waals surface area (Å²) < 4.78 is 5.65. The first-order valence-electron chi connectivity index (χ1n) is 3.55. The van der Waals surface area contributed by atoms with Gasteiger partial charge in [0.1, 0.15) is 0 Å². The minimum Gasteiger partial charge on any atom is -0.383 e. The molecule has 3 nitrogen and oxygen atoms in total. The highest BCUT2D eigenvalue weighted by atomic mass is 127. The summed E-state index contributed by atoms with van der Waals surface area (Å²) in [6, 6.07) is 0. The molecule has 1 amide bonds. The lowest BCUT2D eigenvalue weighted by Crippen LogP contribution is -2.32. The van der Waals surface area contributed by atoms with Crippen molar-refractivity contribution in [2.45, 2.75) is 6.92 Å². The van der Waals surface area contributed by atoms with Gasteiger partial charge in [-0.25, -0.2) is 0 Å². The maximum Gasteiger partial charge on any atom is 0.223 e. The first-order valence-corrected chi connectivity index (χ1v) is 5.07. The van der Waals surface area contributed by atoms with Gasteiger partial charge in [0.2, 0.25) is 5.91 Å². The summed E-state index contributed by atoms with van der Waals surface area (Å²) in [4.78, 5) is 11.1. The Balaban J connectivity index is 3.36. The summed E-state index contributed by atoms with van der Waals surface area (Å²) in [5.41, 5.74) is 0. The van der Waals surface area contributed by atoms with Gasteiger partial charge < -0.3 is 10.1 Å². The number of methoxy groups -OCH3 is 1. The van der Waals surface area contributed by atoms with E-state index in [0.717, 1.165) is 4.43 Å². The van der Waals surface area contributed by atoms with Crippen LogP contribution in [0.25, 0.3) is 0 Å². The zero-order valence-corrected chi connectivity index (χ0v) is 9.05.